The third-order valence-electron chi connectivity index (χ3n) is 4.06. The van der Waals surface area contributed by atoms with E-state index in [1.165, 1.54) is 0 Å². The van der Waals surface area contributed by atoms with Gasteiger partial charge >= 0.3 is 0 Å². The van der Waals surface area contributed by atoms with Crippen LogP contribution >= 0.6 is 23.2 Å². The quantitative estimate of drug-likeness (QED) is 0.761. The lowest BCUT2D eigenvalue weighted by atomic mass is 9.77. The molecule has 2 unspecified atom stereocenters. The topological polar surface area (TPSA) is 55.4 Å². The van der Waals surface area contributed by atoms with Gasteiger partial charge in [0.2, 0.25) is 0 Å². The van der Waals surface area contributed by atoms with Crippen molar-refractivity contribution < 1.29 is 0 Å². The Bertz CT molecular complexity index is 703. The van der Waals surface area contributed by atoms with E-state index >= 15 is 0 Å². The van der Waals surface area contributed by atoms with Crippen LogP contribution < -0.4 is 5.73 Å². The predicted molar refractivity (Wildman–Crippen MR) is 86.4 cm³/mol. The van der Waals surface area contributed by atoms with Gasteiger partial charge in [-0.05, 0) is 59.0 Å². The van der Waals surface area contributed by atoms with Gasteiger partial charge < -0.3 is 5.73 Å². The van der Waals surface area contributed by atoms with E-state index in [2.05, 4.69) is 5.18 Å². The van der Waals surface area contributed by atoms with Crippen LogP contribution in [0.25, 0.3) is 0 Å². The van der Waals surface area contributed by atoms with Gasteiger partial charge in [0.1, 0.15) is 5.69 Å². The summed E-state index contributed by atoms with van der Waals surface area (Å²) in [6.45, 7) is 0. The minimum absolute atomic E-state index is 0.0549. The lowest BCUT2D eigenvalue weighted by Crippen LogP contribution is -2.21. The molecule has 0 amide bonds. The summed E-state index contributed by atoms with van der Waals surface area (Å²) in [4.78, 5) is 10.7. The van der Waals surface area contributed by atoms with E-state index in [0.717, 1.165) is 29.5 Å². The maximum absolute atomic E-state index is 10.7. The summed E-state index contributed by atoms with van der Waals surface area (Å²) >= 11 is 12.1. The lowest BCUT2D eigenvalue weighted by Gasteiger charge is -2.30. The van der Waals surface area contributed by atoms with Crippen LogP contribution in [0.15, 0.2) is 41.6 Å². The van der Waals surface area contributed by atoms with Crippen molar-refractivity contribution in [1.82, 2.24) is 0 Å². The highest BCUT2D eigenvalue weighted by atomic mass is 35.5. The minimum Gasteiger partial charge on any atom is -0.324 e. The van der Waals surface area contributed by atoms with Gasteiger partial charge in [-0.3, -0.25) is 0 Å². The number of hydrogen-bond donors (Lipinski definition) is 1. The second-order valence-electron chi connectivity index (χ2n) is 5.31. The Kier molecular flexibility index (Phi) is 3.98. The molecule has 108 valence electrons. The molecule has 0 aliphatic heterocycles. The number of benzene rings is 2. The molecule has 2 atom stereocenters. The first kappa shape index (κ1) is 14.5. The second kappa shape index (κ2) is 5.76. The average Bonchev–Trinajstić information content (AvgIpc) is 2.50. The van der Waals surface area contributed by atoms with Gasteiger partial charge in [-0.25, -0.2) is 0 Å². The normalized spacial score (nSPS) is 20.9. The fraction of sp³-hybridized carbons (Fsp3) is 0.250. The number of hydrogen-bond acceptors (Lipinski definition) is 3. The van der Waals surface area contributed by atoms with Crippen molar-refractivity contribution >= 4 is 28.9 Å². The molecule has 3 nitrogen and oxygen atoms in total. The molecule has 1 aliphatic carbocycles. The van der Waals surface area contributed by atoms with Crippen molar-refractivity contribution in [3.63, 3.8) is 0 Å². The lowest BCUT2D eigenvalue weighted by molar-refractivity contribution is 0.530. The van der Waals surface area contributed by atoms with E-state index < -0.39 is 0 Å². The van der Waals surface area contributed by atoms with Crippen molar-refractivity contribution in [3.8, 4) is 0 Å². The second-order valence-corrected chi connectivity index (χ2v) is 6.13. The van der Waals surface area contributed by atoms with E-state index in [4.69, 9.17) is 28.9 Å². The zero-order valence-electron chi connectivity index (χ0n) is 11.2. The monoisotopic (exact) mass is 320 g/mol. The van der Waals surface area contributed by atoms with Crippen molar-refractivity contribution in [2.45, 2.75) is 24.8 Å². The molecule has 0 fully saturated rings. The molecule has 2 aromatic carbocycles. The van der Waals surface area contributed by atoms with Gasteiger partial charge in [-0.1, -0.05) is 35.3 Å². The van der Waals surface area contributed by atoms with Crippen molar-refractivity contribution in [3.05, 3.63) is 68.0 Å². The van der Waals surface area contributed by atoms with E-state index in [1.54, 1.807) is 12.1 Å². The molecule has 21 heavy (non-hydrogen) atoms. The highest BCUT2D eigenvalue weighted by Gasteiger charge is 2.27. The van der Waals surface area contributed by atoms with Crippen LogP contribution in [0.5, 0.6) is 0 Å². The molecular weight excluding hydrogens is 307 g/mol. The molecule has 5 heteroatoms. The van der Waals surface area contributed by atoms with Crippen LogP contribution in [-0.2, 0) is 0 Å². The number of halogens is 2. The van der Waals surface area contributed by atoms with Crippen molar-refractivity contribution in [2.24, 2.45) is 10.9 Å². The molecule has 1 aliphatic rings. The molecule has 0 saturated heterocycles. The van der Waals surface area contributed by atoms with Crippen molar-refractivity contribution in [2.75, 3.05) is 0 Å². The Labute approximate surface area is 133 Å². The molecule has 0 saturated carbocycles. The molecule has 0 heterocycles. The Hall–Kier alpha value is -1.42. The Morgan fingerprint density at radius 1 is 1.00 bits per heavy atom. The number of nitrogens with zero attached hydrogens (tertiary/aromatic N) is 1. The van der Waals surface area contributed by atoms with Crippen LogP contribution in [0.4, 0.5) is 5.69 Å². The SMILES string of the molecule is NC1CCC(c2ccc(Cl)c(Cl)c2)c2ccc(N=O)cc21. The third-order valence-corrected chi connectivity index (χ3v) is 4.80. The van der Waals surface area contributed by atoms with Crippen LogP contribution in [0.1, 0.15) is 41.5 Å². The molecule has 3 rings (SSSR count). The molecule has 0 spiro atoms. The standard InChI is InChI=1S/C16H14Cl2N2O/c17-14-5-1-9(7-15(14)18)11-4-6-16(19)13-8-10(20-21)2-3-12(11)13/h1-3,5,7-8,11,16H,4,6,19H2. The van der Waals surface area contributed by atoms with Gasteiger partial charge in [0, 0.05) is 12.0 Å². The smallest absolute Gasteiger partial charge is 0.108 e. The van der Waals surface area contributed by atoms with Gasteiger partial charge in [0.05, 0.1) is 10.0 Å². The molecule has 0 radical (unpaired) electrons. The summed E-state index contributed by atoms with van der Waals surface area (Å²) in [7, 11) is 0. The number of nitroso groups, excluding NO2 is 1. The molecule has 2 N–H and O–H groups in total. The predicted octanol–water partition coefficient (Wildman–Crippen LogP) is 5.32. The maximum atomic E-state index is 10.7. The first-order chi connectivity index (χ1) is 10.1. The summed E-state index contributed by atoms with van der Waals surface area (Å²) in [6, 6.07) is 11.1. The highest BCUT2D eigenvalue weighted by Crippen LogP contribution is 2.42. The Morgan fingerprint density at radius 3 is 2.52 bits per heavy atom. The van der Waals surface area contributed by atoms with Crippen LogP contribution in [0, 0.1) is 4.91 Å². The molecular formula is C16H14Cl2N2O. The first-order valence-corrected chi connectivity index (χ1v) is 7.53. The van der Waals surface area contributed by atoms with E-state index in [9.17, 15) is 4.91 Å². The third kappa shape index (κ3) is 2.69. The largest absolute Gasteiger partial charge is 0.324 e. The average molecular weight is 321 g/mol. The van der Waals surface area contributed by atoms with E-state index in [-0.39, 0.29) is 12.0 Å². The van der Waals surface area contributed by atoms with Gasteiger partial charge in [-0.15, -0.1) is 4.91 Å². The molecule has 0 bridgehead atoms. The summed E-state index contributed by atoms with van der Waals surface area (Å²) < 4.78 is 0. The van der Waals surface area contributed by atoms with Gasteiger partial charge in [0.15, 0.2) is 0 Å². The summed E-state index contributed by atoms with van der Waals surface area (Å²) in [5, 5.41) is 4.09. The Balaban J connectivity index is 2.08. The number of nitrogens with two attached hydrogens (primary N) is 1. The van der Waals surface area contributed by atoms with Crippen molar-refractivity contribution in [1.29, 1.82) is 0 Å². The summed E-state index contributed by atoms with van der Waals surface area (Å²) in [6.07, 6.45) is 1.81. The van der Waals surface area contributed by atoms with Crippen LogP contribution in [0.2, 0.25) is 10.0 Å². The van der Waals surface area contributed by atoms with Crippen LogP contribution in [0.3, 0.4) is 0 Å². The zero-order chi connectivity index (χ0) is 15.0. The fourth-order valence-electron chi connectivity index (χ4n) is 2.99. The number of fused-ring (bicyclic) bond motifs is 1. The van der Waals surface area contributed by atoms with E-state index in [0.29, 0.717) is 15.7 Å². The zero-order valence-corrected chi connectivity index (χ0v) is 12.7. The first-order valence-electron chi connectivity index (χ1n) is 6.78. The Morgan fingerprint density at radius 2 is 1.81 bits per heavy atom. The molecule has 2 aromatic rings. The van der Waals surface area contributed by atoms with E-state index in [1.807, 2.05) is 24.3 Å². The number of rotatable bonds is 2. The van der Waals surface area contributed by atoms with Crippen LogP contribution in [-0.4, -0.2) is 0 Å². The maximum Gasteiger partial charge on any atom is 0.108 e. The van der Waals surface area contributed by atoms with Gasteiger partial charge in [-0.2, -0.15) is 0 Å². The fourth-order valence-corrected chi connectivity index (χ4v) is 3.30. The van der Waals surface area contributed by atoms with Gasteiger partial charge in [0.25, 0.3) is 0 Å². The minimum atomic E-state index is -0.0549. The summed E-state index contributed by atoms with van der Waals surface area (Å²) in [5.74, 6) is 0.218. The summed E-state index contributed by atoms with van der Waals surface area (Å²) in [5.41, 5.74) is 9.84. The highest BCUT2D eigenvalue weighted by molar-refractivity contribution is 6.42. The molecule has 0 aromatic heterocycles.